The van der Waals surface area contributed by atoms with E-state index in [9.17, 15) is 0 Å². The van der Waals surface area contributed by atoms with E-state index in [0.717, 1.165) is 45.9 Å². The Morgan fingerprint density at radius 1 is 0.902 bits per heavy atom. The van der Waals surface area contributed by atoms with Crippen LogP contribution in [0.1, 0.15) is 72.4 Å². The van der Waals surface area contributed by atoms with Crippen LogP contribution in [0.25, 0.3) is 28.0 Å². The Morgan fingerprint density at radius 2 is 1.66 bits per heavy atom. The maximum absolute atomic E-state index is 6.62. The average Bonchev–Trinajstić information content (AvgIpc) is 3.34. The normalized spacial score (nSPS) is 15.9. The van der Waals surface area contributed by atoms with Crippen LogP contribution in [0, 0.1) is 18.5 Å². The van der Waals surface area contributed by atoms with Gasteiger partial charge in [-0.3, -0.25) is 0 Å². The Labute approximate surface area is 257 Å². The minimum absolute atomic E-state index is 0. The van der Waals surface area contributed by atoms with Gasteiger partial charge in [0, 0.05) is 11.9 Å². The summed E-state index contributed by atoms with van der Waals surface area (Å²) in [5.74, 6) is 1.87. The van der Waals surface area contributed by atoms with Gasteiger partial charge in [-0.25, -0.2) is 0 Å². The van der Waals surface area contributed by atoms with Crippen LogP contribution in [-0.2, 0) is 36.5 Å². The van der Waals surface area contributed by atoms with E-state index < -0.39 is 0 Å². The van der Waals surface area contributed by atoms with E-state index in [1.54, 1.807) is 6.20 Å². The third-order valence-corrected chi connectivity index (χ3v) is 8.24. The van der Waals surface area contributed by atoms with E-state index >= 15 is 0 Å². The van der Waals surface area contributed by atoms with E-state index in [-0.39, 0.29) is 36.5 Å². The molecule has 0 unspecified atom stereocenters. The Morgan fingerprint density at radius 3 is 2.34 bits per heavy atom. The monoisotopic (exact) mass is 720 g/mol. The number of hydrogen-bond donors (Lipinski definition) is 0. The standard InChI is InChI=1S/C25H29N2O.C11H8N.Ir/c1-23(2,3)27-15-26-18-12-11-16-20(25(6,7)14-13-24(16,4)5)22(18)28-19-10-8-9-17(27)21(19)26;1-2-6-10(7-3-1)11-8-4-5-9-12-11;/h8-11H,13-14H2,1-7H3;1-6,8-9H;/q2*-1;+3. The number of nitrogens with zero attached hydrogens (tertiary/aromatic N) is 3. The van der Waals surface area contributed by atoms with Gasteiger partial charge in [0.15, 0.2) is 0 Å². The number of fused-ring (bicyclic) bond motifs is 4. The van der Waals surface area contributed by atoms with Crippen LogP contribution in [0.2, 0.25) is 0 Å². The topological polar surface area (TPSA) is 30.9 Å². The second-order valence-corrected chi connectivity index (χ2v) is 13.2. The molecule has 0 saturated carbocycles. The van der Waals surface area contributed by atoms with Crippen molar-refractivity contribution < 1.29 is 29.4 Å². The third-order valence-electron chi connectivity index (χ3n) is 8.24. The molecule has 1 aliphatic heterocycles. The summed E-state index contributed by atoms with van der Waals surface area (Å²) in [6.45, 7) is 16.0. The van der Waals surface area contributed by atoms with Gasteiger partial charge in [-0.2, -0.15) is 12.1 Å². The summed E-state index contributed by atoms with van der Waals surface area (Å²) in [4.78, 5) is 4.22. The van der Waals surface area contributed by atoms with E-state index in [1.807, 2.05) is 42.5 Å². The van der Waals surface area contributed by atoms with Crippen molar-refractivity contribution >= 4 is 11.0 Å². The second kappa shape index (κ2) is 10.5. The number of para-hydroxylation sites is 1. The Balaban J connectivity index is 0.000000218. The SMILES string of the molecule is CC1(C)CCC(C)(C)c2c1c[c-]c1c2Oc2cccc3c2[n+]-1[c-]n3C(C)(C)C.[Ir+3].[c-]1ccccc1-c1ccccn1. The van der Waals surface area contributed by atoms with Crippen molar-refractivity contribution in [1.29, 1.82) is 0 Å². The Bertz CT molecular complexity index is 1660. The molecule has 0 radical (unpaired) electrons. The molecule has 210 valence electrons. The molecular formula is C36H37IrN3O+. The van der Waals surface area contributed by atoms with Crippen molar-refractivity contribution in [2.75, 3.05) is 0 Å². The number of rotatable bonds is 1. The van der Waals surface area contributed by atoms with Crippen molar-refractivity contribution in [2.24, 2.45) is 0 Å². The van der Waals surface area contributed by atoms with Crippen molar-refractivity contribution in [3.05, 3.63) is 103 Å². The predicted molar refractivity (Wildman–Crippen MR) is 160 cm³/mol. The molecule has 3 aromatic carbocycles. The van der Waals surface area contributed by atoms with Crippen LogP contribution in [0.4, 0.5) is 0 Å². The number of ether oxygens (including phenoxy) is 1. The molecule has 2 aliphatic rings. The summed E-state index contributed by atoms with van der Waals surface area (Å²) in [5, 5.41) is 0. The fourth-order valence-corrected chi connectivity index (χ4v) is 5.93. The minimum Gasteiger partial charge on any atom is -0.527 e. The number of pyridine rings is 1. The van der Waals surface area contributed by atoms with Gasteiger partial charge in [0.2, 0.25) is 6.33 Å². The van der Waals surface area contributed by atoms with Crippen molar-refractivity contribution in [1.82, 2.24) is 9.55 Å². The van der Waals surface area contributed by atoms with E-state index in [2.05, 4.69) is 105 Å². The molecule has 7 rings (SSSR count). The van der Waals surface area contributed by atoms with Crippen molar-refractivity contribution in [3.8, 4) is 28.4 Å². The van der Waals surface area contributed by atoms with Crippen LogP contribution in [0.3, 0.4) is 0 Å². The van der Waals surface area contributed by atoms with Crippen LogP contribution >= 0.6 is 0 Å². The zero-order chi connectivity index (χ0) is 28.3. The smallest absolute Gasteiger partial charge is 0.527 e. The fourth-order valence-electron chi connectivity index (χ4n) is 5.93. The largest absolute Gasteiger partial charge is 3.00 e. The van der Waals surface area contributed by atoms with Gasteiger partial charge in [-0.1, -0.05) is 63.8 Å². The molecule has 0 saturated heterocycles. The molecule has 5 aromatic rings. The van der Waals surface area contributed by atoms with Crippen LogP contribution < -0.4 is 9.30 Å². The van der Waals surface area contributed by atoms with Gasteiger partial charge in [0.05, 0.1) is 16.6 Å². The van der Waals surface area contributed by atoms with Crippen molar-refractivity contribution in [2.45, 2.75) is 77.7 Å². The van der Waals surface area contributed by atoms with Gasteiger partial charge < -0.3 is 18.9 Å². The predicted octanol–water partition coefficient (Wildman–Crippen LogP) is 8.27. The summed E-state index contributed by atoms with van der Waals surface area (Å²) in [7, 11) is 0. The van der Waals surface area contributed by atoms with Gasteiger partial charge in [-0.05, 0) is 56.1 Å². The molecule has 41 heavy (non-hydrogen) atoms. The van der Waals surface area contributed by atoms with E-state index in [4.69, 9.17) is 4.74 Å². The quantitative estimate of drug-likeness (QED) is 0.127. The molecule has 0 bridgehead atoms. The maximum atomic E-state index is 6.62. The first kappa shape index (κ1) is 29.2. The first-order chi connectivity index (χ1) is 19.0. The molecule has 0 fully saturated rings. The summed E-state index contributed by atoms with van der Waals surface area (Å²) in [6.07, 6.45) is 7.73. The van der Waals surface area contributed by atoms with E-state index in [1.165, 1.54) is 17.5 Å². The molecule has 0 spiro atoms. The number of aromatic nitrogens is 3. The molecule has 0 atom stereocenters. The minimum atomic E-state index is -0.0674. The van der Waals surface area contributed by atoms with Gasteiger partial charge in [0.1, 0.15) is 5.75 Å². The van der Waals surface area contributed by atoms with Gasteiger partial charge >= 0.3 is 20.1 Å². The fraction of sp³-hybridized carbons (Fsp3) is 0.333. The third kappa shape index (κ3) is 5.15. The maximum Gasteiger partial charge on any atom is 3.00 e. The zero-order valence-electron chi connectivity index (χ0n) is 24.9. The Hall–Kier alpha value is -3.27. The van der Waals surface area contributed by atoms with Crippen molar-refractivity contribution in [3.63, 3.8) is 0 Å². The second-order valence-electron chi connectivity index (χ2n) is 13.2. The molecule has 4 nitrogen and oxygen atoms in total. The molecular weight excluding hydrogens is 683 g/mol. The Kier molecular flexibility index (Phi) is 7.51. The molecule has 1 aliphatic carbocycles. The van der Waals surface area contributed by atoms with Gasteiger partial charge in [0.25, 0.3) is 0 Å². The first-order valence-corrected chi connectivity index (χ1v) is 14.1. The first-order valence-electron chi connectivity index (χ1n) is 14.1. The molecule has 0 N–H and O–H groups in total. The number of imidazole rings is 1. The summed E-state index contributed by atoms with van der Waals surface area (Å²) in [6, 6.07) is 28.9. The number of hydrogen-bond acceptors (Lipinski definition) is 2. The average molecular weight is 720 g/mol. The molecule has 3 heterocycles. The molecule has 5 heteroatoms. The van der Waals surface area contributed by atoms with Crippen LogP contribution in [-0.4, -0.2) is 9.55 Å². The molecule has 0 amide bonds. The number of benzene rings is 3. The zero-order valence-corrected chi connectivity index (χ0v) is 27.3. The van der Waals surface area contributed by atoms with Crippen LogP contribution in [0.15, 0.2) is 72.9 Å². The molecule has 2 aromatic heterocycles. The summed E-state index contributed by atoms with van der Waals surface area (Å²) >= 11 is 0. The van der Waals surface area contributed by atoms with E-state index in [0.29, 0.717) is 0 Å². The van der Waals surface area contributed by atoms with Crippen LogP contribution in [0.5, 0.6) is 11.5 Å². The summed E-state index contributed by atoms with van der Waals surface area (Å²) in [5.41, 5.74) is 8.06. The van der Waals surface area contributed by atoms with Gasteiger partial charge in [-0.15, -0.1) is 47.0 Å². The summed E-state index contributed by atoms with van der Waals surface area (Å²) < 4.78 is 11.0.